The summed E-state index contributed by atoms with van der Waals surface area (Å²) in [6.07, 6.45) is 0. The maximum absolute atomic E-state index is 4.84. The lowest BCUT2D eigenvalue weighted by Gasteiger charge is -2.34. The fourth-order valence-corrected chi connectivity index (χ4v) is 7.71. The van der Waals surface area contributed by atoms with Crippen molar-refractivity contribution in [2.75, 3.05) is 9.80 Å². The highest BCUT2D eigenvalue weighted by molar-refractivity contribution is 5.92. The SMILES string of the molecule is CC(C)N1Cc2ccc(-c3ccc4c(c3)N(C(C)C)Cc3ccccc3-c3nnn(C(C)C)c3-4)cc2-c2c(nnn2C(C)C)-c2ccccc21. The molecule has 50 heavy (non-hydrogen) atoms. The summed E-state index contributed by atoms with van der Waals surface area (Å²) in [5, 5.41) is 19.1. The molecule has 6 aromatic rings. The van der Waals surface area contributed by atoms with Crippen LogP contribution in [0.2, 0.25) is 0 Å². The van der Waals surface area contributed by atoms with E-state index in [0.29, 0.717) is 6.04 Å². The van der Waals surface area contributed by atoms with Gasteiger partial charge in [0.05, 0.1) is 11.4 Å². The molecule has 0 aliphatic carbocycles. The minimum Gasteiger partial charge on any atom is -0.364 e. The summed E-state index contributed by atoms with van der Waals surface area (Å²) < 4.78 is 4.18. The van der Waals surface area contributed by atoms with Gasteiger partial charge in [0, 0.05) is 70.9 Å². The van der Waals surface area contributed by atoms with Crippen molar-refractivity contribution < 1.29 is 0 Å². The first-order valence-electron chi connectivity index (χ1n) is 18.0. The summed E-state index contributed by atoms with van der Waals surface area (Å²) in [7, 11) is 0. The van der Waals surface area contributed by atoms with E-state index in [0.717, 1.165) is 52.6 Å². The van der Waals surface area contributed by atoms with Gasteiger partial charge in [-0.1, -0.05) is 77.2 Å². The highest BCUT2D eigenvalue weighted by Gasteiger charge is 2.31. The maximum Gasteiger partial charge on any atom is 0.123 e. The van der Waals surface area contributed by atoms with Crippen LogP contribution in [0.15, 0.2) is 84.9 Å². The van der Waals surface area contributed by atoms with Crippen LogP contribution < -0.4 is 9.80 Å². The summed E-state index contributed by atoms with van der Waals surface area (Å²) >= 11 is 0. The molecule has 254 valence electrons. The Morgan fingerprint density at radius 1 is 0.460 bits per heavy atom. The van der Waals surface area contributed by atoms with Gasteiger partial charge in [0.2, 0.25) is 0 Å². The first kappa shape index (κ1) is 32.0. The Bertz CT molecular complexity index is 2220. The first-order valence-corrected chi connectivity index (χ1v) is 18.0. The van der Waals surface area contributed by atoms with Crippen LogP contribution in [0.25, 0.3) is 56.2 Å². The molecule has 0 saturated carbocycles. The van der Waals surface area contributed by atoms with Gasteiger partial charge in [-0.15, -0.1) is 10.2 Å². The second-order valence-electron chi connectivity index (χ2n) is 14.9. The Labute approximate surface area is 295 Å². The van der Waals surface area contributed by atoms with E-state index in [4.69, 9.17) is 20.6 Å². The molecule has 0 fully saturated rings. The lowest BCUT2D eigenvalue weighted by molar-refractivity contribution is 0.519. The largest absolute Gasteiger partial charge is 0.364 e. The lowest BCUT2D eigenvalue weighted by atomic mass is 9.90. The smallest absolute Gasteiger partial charge is 0.123 e. The fraction of sp³-hybridized carbons (Fsp3) is 0.333. The predicted octanol–water partition coefficient (Wildman–Crippen LogP) is 9.82. The standard InChI is InChI=1S/C42H46N8/c1-25(2)47-24-32-18-17-29(21-36(32)42-40(44-46-50(42)28(7)8)34-15-11-12-16-37(34)47)30-19-20-35-38(22-30)48(26(3)4)23-31-13-9-10-14-33(31)39-41(35)49(27(5)6)45-43-39/h9-22,25-28H,23-24H2,1-8H3. The van der Waals surface area contributed by atoms with E-state index >= 15 is 0 Å². The lowest BCUT2D eigenvalue weighted by Crippen LogP contribution is -2.31. The minimum atomic E-state index is 0.156. The molecule has 4 heterocycles. The van der Waals surface area contributed by atoms with E-state index in [1.54, 1.807) is 0 Å². The Morgan fingerprint density at radius 2 is 0.980 bits per heavy atom. The highest BCUT2D eigenvalue weighted by Crippen LogP contribution is 2.46. The molecule has 0 unspecified atom stereocenters. The molecule has 8 rings (SSSR count). The van der Waals surface area contributed by atoms with Crippen LogP contribution in [-0.4, -0.2) is 42.1 Å². The van der Waals surface area contributed by atoms with Crippen LogP contribution in [0, 0.1) is 0 Å². The van der Waals surface area contributed by atoms with Crippen LogP contribution in [0.5, 0.6) is 0 Å². The van der Waals surface area contributed by atoms with E-state index in [1.807, 2.05) is 0 Å². The molecule has 0 spiro atoms. The Morgan fingerprint density at radius 3 is 1.64 bits per heavy atom. The molecular weight excluding hydrogens is 617 g/mol. The second-order valence-corrected chi connectivity index (χ2v) is 14.9. The normalized spacial score (nSPS) is 13.7. The molecule has 0 radical (unpaired) electrons. The summed E-state index contributed by atoms with van der Waals surface area (Å²) in [4.78, 5) is 5.01. The van der Waals surface area contributed by atoms with Crippen molar-refractivity contribution in [1.29, 1.82) is 0 Å². The molecular formula is C42H46N8. The Hall–Kier alpha value is -5.24. The van der Waals surface area contributed by atoms with Crippen molar-refractivity contribution in [3.63, 3.8) is 0 Å². The molecule has 0 saturated heterocycles. The summed E-state index contributed by atoms with van der Waals surface area (Å²) in [5.41, 5.74) is 15.9. The molecule has 8 heteroatoms. The molecule has 4 aromatic carbocycles. The average molecular weight is 663 g/mol. The molecule has 2 aliphatic rings. The zero-order chi connectivity index (χ0) is 34.8. The number of hydrogen-bond donors (Lipinski definition) is 0. The number of hydrogen-bond acceptors (Lipinski definition) is 6. The third-order valence-electron chi connectivity index (χ3n) is 10.3. The van der Waals surface area contributed by atoms with Crippen LogP contribution in [0.1, 0.15) is 78.6 Å². The third-order valence-corrected chi connectivity index (χ3v) is 10.3. The van der Waals surface area contributed by atoms with Gasteiger partial charge in [0.1, 0.15) is 11.4 Å². The van der Waals surface area contributed by atoms with Crippen LogP contribution in [0.3, 0.4) is 0 Å². The number of rotatable bonds is 5. The summed E-state index contributed by atoms with van der Waals surface area (Å²) in [6, 6.07) is 32.1. The number of benzene rings is 4. The second kappa shape index (κ2) is 12.3. The first-order chi connectivity index (χ1) is 24.1. The Balaban J connectivity index is 1.35. The van der Waals surface area contributed by atoms with Crippen molar-refractivity contribution in [1.82, 2.24) is 30.0 Å². The molecule has 2 aliphatic heterocycles. The van der Waals surface area contributed by atoms with Gasteiger partial charge in [-0.05, 0) is 95.8 Å². The average Bonchev–Trinajstić information content (AvgIpc) is 3.73. The van der Waals surface area contributed by atoms with Crippen LogP contribution in [0.4, 0.5) is 11.4 Å². The van der Waals surface area contributed by atoms with Gasteiger partial charge in [0.15, 0.2) is 0 Å². The predicted molar refractivity (Wildman–Crippen MR) is 204 cm³/mol. The van der Waals surface area contributed by atoms with E-state index in [-0.39, 0.29) is 18.1 Å². The van der Waals surface area contributed by atoms with Crippen molar-refractivity contribution in [2.24, 2.45) is 0 Å². The molecule has 0 N–H and O–H groups in total. The molecule has 0 atom stereocenters. The zero-order valence-corrected chi connectivity index (χ0v) is 30.4. The van der Waals surface area contributed by atoms with E-state index < -0.39 is 0 Å². The van der Waals surface area contributed by atoms with Crippen molar-refractivity contribution in [3.05, 3.63) is 96.1 Å². The summed E-state index contributed by atoms with van der Waals surface area (Å²) in [6.45, 7) is 19.4. The number of para-hydroxylation sites is 1. The van der Waals surface area contributed by atoms with Gasteiger partial charge in [0.25, 0.3) is 0 Å². The van der Waals surface area contributed by atoms with E-state index in [2.05, 4.69) is 159 Å². The zero-order valence-electron chi connectivity index (χ0n) is 30.4. The van der Waals surface area contributed by atoms with E-state index in [9.17, 15) is 0 Å². The van der Waals surface area contributed by atoms with E-state index in [1.165, 1.54) is 39.2 Å². The molecule has 0 bridgehead atoms. The number of aromatic nitrogens is 6. The highest BCUT2D eigenvalue weighted by atomic mass is 15.4. The number of anilines is 2. The monoisotopic (exact) mass is 662 g/mol. The molecule has 8 nitrogen and oxygen atoms in total. The Kier molecular flexibility index (Phi) is 7.85. The van der Waals surface area contributed by atoms with Crippen molar-refractivity contribution in [2.45, 2.75) is 92.6 Å². The fourth-order valence-electron chi connectivity index (χ4n) is 7.71. The van der Waals surface area contributed by atoms with Gasteiger partial charge in [-0.2, -0.15) is 0 Å². The number of fused-ring (bicyclic) bond motifs is 10. The van der Waals surface area contributed by atoms with Crippen LogP contribution in [-0.2, 0) is 13.1 Å². The van der Waals surface area contributed by atoms with Crippen molar-refractivity contribution in [3.8, 4) is 56.2 Å². The van der Waals surface area contributed by atoms with Gasteiger partial charge < -0.3 is 9.80 Å². The van der Waals surface area contributed by atoms with Gasteiger partial charge in [-0.25, -0.2) is 9.36 Å². The molecule has 0 amide bonds. The molecule has 2 aromatic heterocycles. The summed E-state index contributed by atoms with van der Waals surface area (Å²) in [5.74, 6) is 0. The quantitative estimate of drug-likeness (QED) is 0.183. The minimum absolute atomic E-state index is 0.156. The topological polar surface area (TPSA) is 67.9 Å². The van der Waals surface area contributed by atoms with Crippen molar-refractivity contribution >= 4 is 11.4 Å². The maximum atomic E-state index is 4.84. The number of nitrogens with zero attached hydrogens (tertiary/aromatic N) is 8. The third kappa shape index (κ3) is 5.11. The van der Waals surface area contributed by atoms with Crippen LogP contribution >= 0.6 is 0 Å². The van der Waals surface area contributed by atoms with Gasteiger partial charge >= 0.3 is 0 Å². The van der Waals surface area contributed by atoms with Gasteiger partial charge in [-0.3, -0.25) is 0 Å².